The second-order valence-corrected chi connectivity index (χ2v) is 10.3. The molecule has 1 aliphatic rings. The number of carbonyl (C=O) groups is 1. The van der Waals surface area contributed by atoms with Gasteiger partial charge in [0, 0.05) is 0 Å². The number of carboxylic acids is 1. The lowest BCUT2D eigenvalue weighted by Crippen LogP contribution is -2.38. The zero-order valence-corrected chi connectivity index (χ0v) is 22.4. The van der Waals surface area contributed by atoms with E-state index in [0.717, 1.165) is 16.7 Å². The van der Waals surface area contributed by atoms with Crippen molar-refractivity contribution in [1.82, 2.24) is 0 Å². The van der Waals surface area contributed by atoms with Crippen LogP contribution in [0, 0.1) is 0 Å². The van der Waals surface area contributed by atoms with Gasteiger partial charge in [0.2, 0.25) is 0 Å². The van der Waals surface area contributed by atoms with Crippen LogP contribution in [-0.4, -0.2) is 33.8 Å². The summed E-state index contributed by atoms with van der Waals surface area (Å²) in [5.74, 6) is -6.08. The van der Waals surface area contributed by atoms with Crippen molar-refractivity contribution in [3.63, 3.8) is 0 Å². The highest BCUT2D eigenvalue weighted by Gasteiger charge is 2.59. The standard InChI is InChI=1S/C31H25F2IO4/c32-31(33)27(24-18-10-11-19-25(24)28(35)36)26(38-29(31)34)20-37-30(21-12-4-1-5-13-21,22-14-6-2-7-15-22)23-16-8-3-9-17-23/h1-19,26-27,29H,20H2,(H,35,36)/t26-,27+,29?/m0/s1. The van der Waals surface area contributed by atoms with Gasteiger partial charge in [-0.25, -0.2) is 13.6 Å². The van der Waals surface area contributed by atoms with Crippen molar-refractivity contribution < 1.29 is 28.2 Å². The van der Waals surface area contributed by atoms with Gasteiger partial charge in [-0.05, 0) is 50.9 Å². The van der Waals surface area contributed by atoms with Crippen LogP contribution in [0.1, 0.15) is 38.5 Å². The maximum absolute atomic E-state index is 15.6. The van der Waals surface area contributed by atoms with E-state index >= 15 is 8.78 Å². The Hall–Kier alpha value is -3.14. The highest BCUT2D eigenvalue weighted by molar-refractivity contribution is 14.1. The number of hydrogen-bond acceptors (Lipinski definition) is 3. The summed E-state index contributed by atoms with van der Waals surface area (Å²) in [5, 5.41) is 9.73. The Morgan fingerprint density at radius 3 is 1.74 bits per heavy atom. The molecule has 1 heterocycles. The van der Waals surface area contributed by atoms with Gasteiger partial charge in [-0.1, -0.05) is 109 Å². The van der Waals surface area contributed by atoms with Gasteiger partial charge in [-0.15, -0.1) is 0 Å². The SMILES string of the molecule is O=C(O)c1ccccc1[C@@H]1[C@H](COC(c2ccccc2)(c2ccccc2)c2ccccc2)OC(I)C1(F)F. The second kappa shape index (κ2) is 10.9. The topological polar surface area (TPSA) is 55.8 Å². The highest BCUT2D eigenvalue weighted by atomic mass is 127. The first-order valence-corrected chi connectivity index (χ1v) is 13.4. The molecule has 4 nitrogen and oxygen atoms in total. The molecular weight excluding hydrogens is 601 g/mol. The molecule has 194 valence electrons. The van der Waals surface area contributed by atoms with Gasteiger partial charge in [0.1, 0.15) is 5.60 Å². The number of aromatic carboxylic acids is 1. The third kappa shape index (κ3) is 4.74. The molecule has 7 heteroatoms. The average Bonchev–Trinajstić information content (AvgIpc) is 3.18. The van der Waals surface area contributed by atoms with Crippen molar-refractivity contribution in [2.45, 2.75) is 27.7 Å². The molecule has 0 aromatic heterocycles. The summed E-state index contributed by atoms with van der Waals surface area (Å²) in [6, 6.07) is 34.7. The van der Waals surface area contributed by atoms with Crippen LogP contribution >= 0.6 is 22.6 Å². The van der Waals surface area contributed by atoms with E-state index < -0.39 is 33.6 Å². The van der Waals surface area contributed by atoms with E-state index in [4.69, 9.17) is 9.47 Å². The summed E-state index contributed by atoms with van der Waals surface area (Å²) < 4.78 is 42.3. The largest absolute Gasteiger partial charge is 0.478 e. The molecule has 0 saturated carbocycles. The van der Waals surface area contributed by atoms with Gasteiger partial charge in [0.15, 0.2) is 4.11 Å². The zero-order chi connectivity index (χ0) is 26.8. The summed E-state index contributed by atoms with van der Waals surface area (Å²) in [5.41, 5.74) is 1.23. The highest BCUT2D eigenvalue weighted by Crippen LogP contribution is 2.51. The first-order valence-electron chi connectivity index (χ1n) is 12.2. The molecule has 4 aromatic rings. The van der Waals surface area contributed by atoms with E-state index in [1.165, 1.54) is 18.2 Å². The predicted molar refractivity (Wildman–Crippen MR) is 149 cm³/mol. The van der Waals surface area contributed by atoms with Gasteiger partial charge < -0.3 is 14.6 Å². The van der Waals surface area contributed by atoms with E-state index in [1.54, 1.807) is 28.7 Å². The summed E-state index contributed by atoms with van der Waals surface area (Å²) in [4.78, 5) is 11.9. The molecule has 1 N–H and O–H groups in total. The number of ether oxygens (including phenoxy) is 2. The van der Waals surface area contributed by atoms with Gasteiger partial charge in [0.05, 0.1) is 24.2 Å². The van der Waals surface area contributed by atoms with Crippen molar-refractivity contribution in [3.05, 3.63) is 143 Å². The van der Waals surface area contributed by atoms with E-state index in [1.807, 2.05) is 91.0 Å². The van der Waals surface area contributed by atoms with Crippen molar-refractivity contribution >= 4 is 28.6 Å². The van der Waals surface area contributed by atoms with E-state index in [2.05, 4.69) is 0 Å². The molecule has 38 heavy (non-hydrogen) atoms. The Labute approximate surface area is 233 Å². The summed E-state index contributed by atoms with van der Waals surface area (Å²) in [6.45, 7) is -0.202. The predicted octanol–water partition coefficient (Wildman–Crippen LogP) is 7.27. The molecule has 0 aliphatic carbocycles. The molecular formula is C31H25F2IO4. The van der Waals surface area contributed by atoms with Gasteiger partial charge in [-0.2, -0.15) is 0 Å². The Kier molecular flexibility index (Phi) is 7.61. The molecule has 3 atom stereocenters. The minimum absolute atomic E-state index is 0.0301. The molecule has 0 radical (unpaired) electrons. The minimum Gasteiger partial charge on any atom is -0.478 e. The maximum atomic E-state index is 15.6. The van der Waals surface area contributed by atoms with Crippen molar-refractivity contribution in [3.8, 4) is 0 Å². The molecule has 0 bridgehead atoms. The van der Waals surface area contributed by atoms with Crippen molar-refractivity contribution in [1.29, 1.82) is 0 Å². The second-order valence-electron chi connectivity index (χ2n) is 9.13. The number of benzene rings is 4. The van der Waals surface area contributed by atoms with Gasteiger partial charge in [0.25, 0.3) is 5.92 Å². The lowest BCUT2D eigenvalue weighted by atomic mass is 9.80. The number of alkyl halides is 3. The van der Waals surface area contributed by atoms with Gasteiger partial charge >= 0.3 is 5.97 Å². The summed E-state index contributed by atoms with van der Waals surface area (Å²) in [6.07, 6.45) is -1.09. The normalized spacial score (nSPS) is 20.8. The van der Waals surface area contributed by atoms with E-state index in [9.17, 15) is 9.90 Å². The van der Waals surface area contributed by atoms with Crippen molar-refractivity contribution in [2.75, 3.05) is 6.61 Å². The third-order valence-corrected chi connectivity index (χ3v) is 8.04. The molecule has 0 spiro atoms. The maximum Gasteiger partial charge on any atom is 0.335 e. The van der Waals surface area contributed by atoms with Crippen LogP contribution in [0.25, 0.3) is 0 Å². The van der Waals surface area contributed by atoms with Crippen LogP contribution in [-0.2, 0) is 15.1 Å². The summed E-state index contributed by atoms with van der Waals surface area (Å²) in [7, 11) is 0. The summed E-state index contributed by atoms with van der Waals surface area (Å²) >= 11 is 1.58. The first kappa shape index (κ1) is 26.5. The zero-order valence-electron chi connectivity index (χ0n) is 20.2. The molecule has 1 unspecified atom stereocenters. The molecule has 0 amide bonds. The fourth-order valence-electron chi connectivity index (χ4n) is 5.19. The van der Waals surface area contributed by atoms with E-state index in [0.29, 0.717) is 0 Å². The lowest BCUT2D eigenvalue weighted by Gasteiger charge is -2.37. The number of rotatable bonds is 8. The fourth-order valence-corrected chi connectivity index (χ4v) is 5.96. The molecule has 1 aliphatic heterocycles. The Balaban J connectivity index is 1.62. The van der Waals surface area contributed by atoms with Crippen LogP contribution in [0.5, 0.6) is 0 Å². The smallest absolute Gasteiger partial charge is 0.335 e. The lowest BCUT2D eigenvalue weighted by molar-refractivity contribution is -0.0538. The molecule has 4 aromatic carbocycles. The number of halogens is 3. The molecule has 1 saturated heterocycles. The number of carboxylic acid groups (broad SMARTS) is 1. The Morgan fingerprint density at radius 1 is 0.816 bits per heavy atom. The molecule has 5 rings (SSSR count). The Morgan fingerprint density at radius 2 is 1.26 bits per heavy atom. The molecule has 1 fully saturated rings. The van der Waals surface area contributed by atoms with Crippen LogP contribution < -0.4 is 0 Å². The number of hydrogen-bond donors (Lipinski definition) is 1. The monoisotopic (exact) mass is 626 g/mol. The van der Waals surface area contributed by atoms with Crippen LogP contribution in [0.2, 0.25) is 0 Å². The third-order valence-electron chi connectivity index (χ3n) is 6.91. The van der Waals surface area contributed by atoms with E-state index in [-0.39, 0.29) is 17.7 Å². The van der Waals surface area contributed by atoms with Crippen molar-refractivity contribution in [2.24, 2.45) is 0 Å². The minimum atomic E-state index is -3.31. The van der Waals surface area contributed by atoms with Crippen LogP contribution in [0.15, 0.2) is 115 Å². The Bertz CT molecular complexity index is 1290. The van der Waals surface area contributed by atoms with Gasteiger partial charge in [-0.3, -0.25) is 0 Å². The first-order chi connectivity index (χ1) is 18.4. The quantitative estimate of drug-likeness (QED) is 0.127. The van der Waals surface area contributed by atoms with Crippen LogP contribution in [0.3, 0.4) is 0 Å². The van der Waals surface area contributed by atoms with Crippen LogP contribution in [0.4, 0.5) is 8.78 Å². The average molecular weight is 626 g/mol. The fraction of sp³-hybridized carbons (Fsp3) is 0.194.